The number of methoxy groups -OCH3 is 3. The fraction of sp³-hybridized carbons (Fsp3) is 0.158. The Morgan fingerprint density at radius 3 is 2.39 bits per heavy atom. The van der Waals surface area contributed by atoms with E-state index in [-0.39, 0.29) is 0 Å². The lowest BCUT2D eigenvalue weighted by Gasteiger charge is -2.10. The van der Waals surface area contributed by atoms with Crippen molar-refractivity contribution in [2.75, 3.05) is 32.0 Å². The van der Waals surface area contributed by atoms with E-state index in [4.69, 9.17) is 25.8 Å². The summed E-state index contributed by atoms with van der Waals surface area (Å²) in [5, 5.41) is 8.19. The van der Waals surface area contributed by atoms with Gasteiger partial charge in [0.25, 0.3) is 0 Å². The summed E-state index contributed by atoms with van der Waals surface area (Å²) in [5.74, 6) is 1.74. The van der Waals surface area contributed by atoms with Crippen molar-refractivity contribution in [2.24, 2.45) is 0 Å². The van der Waals surface area contributed by atoms with Gasteiger partial charge in [-0.2, -0.15) is 0 Å². The Morgan fingerprint density at radius 1 is 0.964 bits per heavy atom. The standard InChI is InChI=1S/C19H18ClN3O4S/c1-25-15-7-5-12(20)9-13(15)21-18(24)23-19-22-14(10-28-19)11-4-6-16(26-2)17(8-11)27-3/h4-10H,1-3H3,(H2,21,22,23,24). The molecule has 0 saturated heterocycles. The zero-order valence-electron chi connectivity index (χ0n) is 15.4. The van der Waals surface area contributed by atoms with Crippen molar-refractivity contribution in [2.45, 2.75) is 0 Å². The van der Waals surface area contributed by atoms with Crippen molar-refractivity contribution < 1.29 is 19.0 Å². The largest absolute Gasteiger partial charge is 0.495 e. The molecular weight excluding hydrogens is 402 g/mol. The summed E-state index contributed by atoms with van der Waals surface area (Å²) in [6.45, 7) is 0. The lowest BCUT2D eigenvalue weighted by molar-refractivity contribution is 0.262. The van der Waals surface area contributed by atoms with E-state index in [1.54, 1.807) is 38.5 Å². The van der Waals surface area contributed by atoms with E-state index in [0.717, 1.165) is 5.56 Å². The molecule has 0 aliphatic heterocycles. The van der Waals surface area contributed by atoms with Crippen LogP contribution in [-0.4, -0.2) is 32.3 Å². The van der Waals surface area contributed by atoms with Crippen molar-refractivity contribution in [1.82, 2.24) is 4.98 Å². The van der Waals surface area contributed by atoms with Crippen LogP contribution in [0.1, 0.15) is 0 Å². The smallest absolute Gasteiger partial charge is 0.325 e. The molecule has 0 radical (unpaired) electrons. The summed E-state index contributed by atoms with van der Waals surface area (Å²) < 4.78 is 15.8. The van der Waals surface area contributed by atoms with Gasteiger partial charge in [-0.25, -0.2) is 9.78 Å². The van der Waals surface area contributed by atoms with E-state index < -0.39 is 6.03 Å². The first-order valence-corrected chi connectivity index (χ1v) is 9.39. The number of carbonyl (C=O) groups is 1. The molecule has 0 bridgehead atoms. The Hall–Kier alpha value is -2.97. The van der Waals surface area contributed by atoms with Gasteiger partial charge in [-0.1, -0.05) is 11.6 Å². The molecule has 2 amide bonds. The van der Waals surface area contributed by atoms with Crippen LogP contribution < -0.4 is 24.8 Å². The van der Waals surface area contributed by atoms with Gasteiger partial charge in [0.05, 0.1) is 32.7 Å². The average Bonchev–Trinajstić information content (AvgIpc) is 3.15. The Labute approximate surface area is 171 Å². The highest BCUT2D eigenvalue weighted by Gasteiger charge is 2.12. The number of thiazole rings is 1. The van der Waals surface area contributed by atoms with Crippen LogP contribution in [0, 0.1) is 0 Å². The van der Waals surface area contributed by atoms with Crippen LogP contribution in [0.15, 0.2) is 41.8 Å². The summed E-state index contributed by atoms with van der Waals surface area (Å²) in [5.41, 5.74) is 2.02. The maximum atomic E-state index is 12.3. The number of carbonyl (C=O) groups excluding carboxylic acids is 1. The van der Waals surface area contributed by atoms with Crippen molar-refractivity contribution in [3.8, 4) is 28.5 Å². The lowest BCUT2D eigenvalue weighted by atomic mass is 10.1. The van der Waals surface area contributed by atoms with Gasteiger partial charge in [0.1, 0.15) is 5.75 Å². The molecule has 7 nitrogen and oxygen atoms in total. The van der Waals surface area contributed by atoms with Gasteiger partial charge in [0, 0.05) is 16.0 Å². The maximum Gasteiger partial charge on any atom is 0.325 e. The third-order valence-electron chi connectivity index (χ3n) is 3.81. The molecule has 0 saturated carbocycles. The van der Waals surface area contributed by atoms with Crippen molar-refractivity contribution in [3.05, 3.63) is 46.8 Å². The molecule has 2 aromatic carbocycles. The highest BCUT2D eigenvalue weighted by molar-refractivity contribution is 7.14. The minimum absolute atomic E-state index is 0.447. The van der Waals surface area contributed by atoms with Crippen LogP contribution in [-0.2, 0) is 0 Å². The summed E-state index contributed by atoms with van der Waals surface area (Å²) in [6.07, 6.45) is 0. The molecule has 1 aromatic heterocycles. The average molecular weight is 420 g/mol. The predicted octanol–water partition coefficient (Wildman–Crippen LogP) is 5.13. The second-order valence-electron chi connectivity index (χ2n) is 5.53. The SMILES string of the molecule is COc1ccc(Cl)cc1NC(=O)Nc1nc(-c2ccc(OC)c(OC)c2)cs1. The fourth-order valence-electron chi connectivity index (χ4n) is 2.49. The maximum absolute atomic E-state index is 12.3. The van der Waals surface area contributed by atoms with Crippen LogP contribution in [0.2, 0.25) is 5.02 Å². The van der Waals surface area contributed by atoms with E-state index >= 15 is 0 Å². The molecule has 2 N–H and O–H groups in total. The molecule has 0 atom stereocenters. The molecule has 146 valence electrons. The van der Waals surface area contributed by atoms with Crippen molar-refractivity contribution in [1.29, 1.82) is 0 Å². The Balaban J connectivity index is 1.73. The van der Waals surface area contributed by atoms with Gasteiger partial charge < -0.3 is 19.5 Å². The molecule has 0 fully saturated rings. The zero-order chi connectivity index (χ0) is 20.1. The molecule has 0 spiro atoms. The fourth-order valence-corrected chi connectivity index (χ4v) is 3.37. The Kier molecular flexibility index (Phi) is 6.23. The number of amides is 2. The summed E-state index contributed by atoms with van der Waals surface area (Å²) in [7, 11) is 4.67. The minimum atomic E-state index is -0.450. The highest BCUT2D eigenvalue weighted by atomic mass is 35.5. The number of nitrogens with zero attached hydrogens (tertiary/aromatic N) is 1. The van der Waals surface area contributed by atoms with E-state index in [9.17, 15) is 4.79 Å². The van der Waals surface area contributed by atoms with Gasteiger partial charge in [0.2, 0.25) is 0 Å². The van der Waals surface area contributed by atoms with Gasteiger partial charge in [-0.15, -0.1) is 11.3 Å². The predicted molar refractivity (Wildman–Crippen MR) is 111 cm³/mol. The van der Waals surface area contributed by atoms with Crippen LogP contribution in [0.4, 0.5) is 15.6 Å². The number of hydrogen-bond acceptors (Lipinski definition) is 6. The monoisotopic (exact) mass is 419 g/mol. The van der Waals surface area contributed by atoms with Crippen LogP contribution >= 0.6 is 22.9 Å². The molecule has 0 unspecified atom stereocenters. The Bertz CT molecular complexity index is 993. The van der Waals surface area contributed by atoms with Gasteiger partial charge in [-0.05, 0) is 36.4 Å². The van der Waals surface area contributed by atoms with Crippen molar-refractivity contribution >= 4 is 39.8 Å². The minimum Gasteiger partial charge on any atom is -0.495 e. The van der Waals surface area contributed by atoms with Gasteiger partial charge >= 0.3 is 6.03 Å². The summed E-state index contributed by atoms with van der Waals surface area (Å²) in [4.78, 5) is 16.7. The number of nitrogens with one attached hydrogen (secondary N) is 2. The third kappa shape index (κ3) is 4.47. The number of halogens is 1. The number of aromatic nitrogens is 1. The van der Waals surface area contributed by atoms with E-state index in [1.165, 1.54) is 18.4 Å². The Morgan fingerprint density at radius 2 is 1.68 bits per heavy atom. The molecule has 9 heteroatoms. The normalized spacial score (nSPS) is 10.3. The van der Waals surface area contributed by atoms with Crippen LogP contribution in [0.25, 0.3) is 11.3 Å². The summed E-state index contributed by atoms with van der Waals surface area (Å²) in [6, 6.07) is 10.0. The van der Waals surface area contributed by atoms with Crippen LogP contribution in [0.3, 0.4) is 0 Å². The highest BCUT2D eigenvalue weighted by Crippen LogP contribution is 2.33. The topological polar surface area (TPSA) is 81.7 Å². The summed E-state index contributed by atoms with van der Waals surface area (Å²) >= 11 is 7.29. The second kappa shape index (κ2) is 8.81. The third-order valence-corrected chi connectivity index (χ3v) is 4.81. The van der Waals surface area contributed by atoms with Crippen LogP contribution in [0.5, 0.6) is 17.2 Å². The number of urea groups is 1. The quantitative estimate of drug-likeness (QED) is 0.578. The van der Waals surface area contributed by atoms with E-state index in [0.29, 0.717) is 38.8 Å². The van der Waals surface area contributed by atoms with E-state index in [1.807, 2.05) is 17.5 Å². The number of ether oxygens (including phenoxy) is 3. The molecular formula is C19H18ClN3O4S. The number of hydrogen-bond donors (Lipinski definition) is 2. The van der Waals surface area contributed by atoms with Gasteiger partial charge in [0.15, 0.2) is 16.6 Å². The first-order valence-electron chi connectivity index (χ1n) is 8.13. The number of anilines is 2. The number of benzene rings is 2. The molecule has 28 heavy (non-hydrogen) atoms. The zero-order valence-corrected chi connectivity index (χ0v) is 17.0. The lowest BCUT2D eigenvalue weighted by Crippen LogP contribution is -2.19. The molecule has 0 aliphatic carbocycles. The molecule has 3 rings (SSSR count). The van der Waals surface area contributed by atoms with E-state index in [2.05, 4.69) is 15.6 Å². The first-order chi connectivity index (χ1) is 13.5. The number of rotatable bonds is 6. The first kappa shape index (κ1) is 19.8. The molecule has 0 aliphatic rings. The van der Waals surface area contributed by atoms with Crippen molar-refractivity contribution in [3.63, 3.8) is 0 Å². The molecule has 3 aromatic rings. The second-order valence-corrected chi connectivity index (χ2v) is 6.83. The molecule has 1 heterocycles. The van der Waals surface area contributed by atoms with Gasteiger partial charge in [-0.3, -0.25) is 5.32 Å².